The molecule has 0 heterocycles. The molecule has 2 heteroatoms. The van der Waals surface area contributed by atoms with Gasteiger partial charge in [-0.3, -0.25) is 0 Å². The number of rotatable bonds is 3. The molecule has 1 saturated carbocycles. The molecule has 0 saturated heterocycles. The van der Waals surface area contributed by atoms with Gasteiger partial charge in [-0.1, -0.05) is 52.7 Å². The van der Waals surface area contributed by atoms with Gasteiger partial charge in [0.2, 0.25) is 0 Å². The van der Waals surface area contributed by atoms with Gasteiger partial charge in [0, 0.05) is 4.47 Å². The standard InChI is InChI=1S/C18H20BrN/c1-12-9-10-14(19)11-17(12)18(20)16-8-3-2-7-15(16)13-5-4-6-13/h2-3,7-11,13,18H,4-6,20H2,1H3. The van der Waals surface area contributed by atoms with Gasteiger partial charge in [0.25, 0.3) is 0 Å². The summed E-state index contributed by atoms with van der Waals surface area (Å²) in [5.41, 5.74) is 11.8. The highest BCUT2D eigenvalue weighted by molar-refractivity contribution is 9.10. The zero-order valence-corrected chi connectivity index (χ0v) is 13.4. The molecule has 104 valence electrons. The molecule has 1 aliphatic rings. The number of halogens is 1. The number of hydrogen-bond donors (Lipinski definition) is 1. The Morgan fingerprint density at radius 3 is 2.55 bits per heavy atom. The number of nitrogens with two attached hydrogens (primary N) is 1. The number of benzene rings is 2. The van der Waals surface area contributed by atoms with Crippen molar-refractivity contribution in [1.29, 1.82) is 0 Å². The molecule has 2 N–H and O–H groups in total. The third kappa shape index (κ3) is 2.55. The molecule has 3 rings (SSSR count). The topological polar surface area (TPSA) is 26.0 Å². The fourth-order valence-corrected chi connectivity index (χ4v) is 3.38. The van der Waals surface area contributed by atoms with Crippen LogP contribution in [0, 0.1) is 6.92 Å². The quantitative estimate of drug-likeness (QED) is 0.835. The zero-order chi connectivity index (χ0) is 14.1. The monoisotopic (exact) mass is 329 g/mol. The summed E-state index contributed by atoms with van der Waals surface area (Å²) in [6, 6.07) is 15.0. The summed E-state index contributed by atoms with van der Waals surface area (Å²) in [6.07, 6.45) is 3.96. The van der Waals surface area contributed by atoms with Crippen LogP contribution in [-0.4, -0.2) is 0 Å². The van der Waals surface area contributed by atoms with E-state index in [1.165, 1.54) is 41.5 Å². The molecule has 0 aromatic heterocycles. The number of aryl methyl sites for hydroxylation is 1. The van der Waals surface area contributed by atoms with Crippen molar-refractivity contribution in [2.75, 3.05) is 0 Å². The fraction of sp³-hybridized carbons (Fsp3) is 0.333. The lowest BCUT2D eigenvalue weighted by Gasteiger charge is -2.30. The molecule has 0 aliphatic heterocycles. The van der Waals surface area contributed by atoms with E-state index >= 15 is 0 Å². The van der Waals surface area contributed by atoms with Crippen LogP contribution in [0.25, 0.3) is 0 Å². The summed E-state index contributed by atoms with van der Waals surface area (Å²) in [5.74, 6) is 0.713. The first-order valence-corrected chi connectivity index (χ1v) is 8.06. The van der Waals surface area contributed by atoms with Gasteiger partial charge in [-0.25, -0.2) is 0 Å². The third-order valence-electron chi connectivity index (χ3n) is 4.45. The molecule has 0 bridgehead atoms. The van der Waals surface area contributed by atoms with E-state index in [-0.39, 0.29) is 6.04 Å². The summed E-state index contributed by atoms with van der Waals surface area (Å²) in [7, 11) is 0. The molecule has 0 amide bonds. The average molecular weight is 330 g/mol. The van der Waals surface area contributed by atoms with Gasteiger partial charge < -0.3 is 5.73 Å². The van der Waals surface area contributed by atoms with Crippen LogP contribution < -0.4 is 5.73 Å². The molecule has 20 heavy (non-hydrogen) atoms. The smallest absolute Gasteiger partial charge is 0.0557 e. The Hall–Kier alpha value is -1.12. The summed E-state index contributed by atoms with van der Waals surface area (Å²) in [6.45, 7) is 2.13. The van der Waals surface area contributed by atoms with Crippen LogP contribution in [0.2, 0.25) is 0 Å². The number of hydrogen-bond acceptors (Lipinski definition) is 1. The van der Waals surface area contributed by atoms with Crippen molar-refractivity contribution in [3.8, 4) is 0 Å². The Kier molecular flexibility index (Phi) is 3.95. The molecule has 1 atom stereocenters. The lowest BCUT2D eigenvalue weighted by Crippen LogP contribution is -2.19. The van der Waals surface area contributed by atoms with Crippen molar-refractivity contribution in [3.63, 3.8) is 0 Å². The van der Waals surface area contributed by atoms with E-state index in [1.807, 2.05) is 0 Å². The Balaban J connectivity index is 2.01. The first kappa shape index (κ1) is 13.8. The lowest BCUT2D eigenvalue weighted by atomic mass is 9.76. The van der Waals surface area contributed by atoms with Crippen LogP contribution in [0.3, 0.4) is 0 Å². The van der Waals surface area contributed by atoms with Gasteiger partial charge in [0.1, 0.15) is 0 Å². The van der Waals surface area contributed by atoms with E-state index in [0.29, 0.717) is 5.92 Å². The van der Waals surface area contributed by atoms with Gasteiger partial charge in [-0.05, 0) is 60.1 Å². The molecule has 0 radical (unpaired) electrons. The summed E-state index contributed by atoms with van der Waals surface area (Å²) >= 11 is 3.55. The van der Waals surface area contributed by atoms with Gasteiger partial charge in [0.15, 0.2) is 0 Å². The molecular weight excluding hydrogens is 310 g/mol. The second-order valence-electron chi connectivity index (χ2n) is 5.74. The first-order valence-electron chi connectivity index (χ1n) is 7.27. The Morgan fingerprint density at radius 1 is 1.10 bits per heavy atom. The Bertz CT molecular complexity index is 617. The molecule has 1 aliphatic carbocycles. The molecule has 2 aromatic rings. The van der Waals surface area contributed by atoms with Crippen LogP contribution >= 0.6 is 15.9 Å². The van der Waals surface area contributed by atoms with E-state index in [9.17, 15) is 0 Å². The van der Waals surface area contributed by atoms with E-state index in [0.717, 1.165) is 4.47 Å². The minimum atomic E-state index is -0.0377. The maximum absolute atomic E-state index is 6.58. The van der Waals surface area contributed by atoms with Crippen molar-refractivity contribution >= 4 is 15.9 Å². The highest BCUT2D eigenvalue weighted by Crippen LogP contribution is 2.40. The minimum Gasteiger partial charge on any atom is -0.320 e. The summed E-state index contributed by atoms with van der Waals surface area (Å²) in [5, 5.41) is 0. The van der Waals surface area contributed by atoms with Gasteiger partial charge in [-0.2, -0.15) is 0 Å². The predicted octanol–water partition coefficient (Wildman–Crippen LogP) is 5.07. The van der Waals surface area contributed by atoms with Gasteiger partial charge in [-0.15, -0.1) is 0 Å². The lowest BCUT2D eigenvalue weighted by molar-refractivity contribution is 0.416. The molecule has 1 unspecified atom stereocenters. The molecule has 1 nitrogen and oxygen atoms in total. The van der Waals surface area contributed by atoms with Crippen LogP contribution in [-0.2, 0) is 0 Å². The van der Waals surface area contributed by atoms with Gasteiger partial charge in [0.05, 0.1) is 6.04 Å². The predicted molar refractivity (Wildman–Crippen MR) is 87.9 cm³/mol. The third-order valence-corrected chi connectivity index (χ3v) is 4.95. The van der Waals surface area contributed by atoms with E-state index in [4.69, 9.17) is 5.73 Å². The molecule has 1 fully saturated rings. The Labute approximate surface area is 129 Å². The maximum Gasteiger partial charge on any atom is 0.0557 e. The summed E-state index contributed by atoms with van der Waals surface area (Å²) < 4.78 is 1.09. The highest BCUT2D eigenvalue weighted by atomic mass is 79.9. The second-order valence-corrected chi connectivity index (χ2v) is 6.65. The largest absolute Gasteiger partial charge is 0.320 e. The van der Waals surface area contributed by atoms with Crippen LogP contribution in [0.1, 0.15) is 53.5 Å². The summed E-state index contributed by atoms with van der Waals surface area (Å²) in [4.78, 5) is 0. The molecular formula is C18H20BrN. The normalized spacial score (nSPS) is 16.8. The first-order chi connectivity index (χ1) is 9.66. The van der Waals surface area contributed by atoms with E-state index < -0.39 is 0 Å². The van der Waals surface area contributed by atoms with Crippen molar-refractivity contribution in [3.05, 3.63) is 69.2 Å². The fourth-order valence-electron chi connectivity index (χ4n) is 3.00. The minimum absolute atomic E-state index is 0.0377. The Morgan fingerprint density at radius 2 is 1.85 bits per heavy atom. The van der Waals surface area contributed by atoms with Crippen LogP contribution in [0.15, 0.2) is 46.9 Å². The van der Waals surface area contributed by atoms with E-state index in [1.54, 1.807) is 0 Å². The zero-order valence-electron chi connectivity index (χ0n) is 11.8. The van der Waals surface area contributed by atoms with Crippen LogP contribution in [0.5, 0.6) is 0 Å². The van der Waals surface area contributed by atoms with Crippen molar-refractivity contribution in [2.24, 2.45) is 5.73 Å². The molecule has 2 aromatic carbocycles. The van der Waals surface area contributed by atoms with Gasteiger partial charge >= 0.3 is 0 Å². The van der Waals surface area contributed by atoms with Crippen molar-refractivity contribution in [1.82, 2.24) is 0 Å². The van der Waals surface area contributed by atoms with Crippen molar-refractivity contribution in [2.45, 2.75) is 38.1 Å². The maximum atomic E-state index is 6.58. The van der Waals surface area contributed by atoms with Crippen molar-refractivity contribution < 1.29 is 0 Å². The van der Waals surface area contributed by atoms with E-state index in [2.05, 4.69) is 65.3 Å². The SMILES string of the molecule is Cc1ccc(Br)cc1C(N)c1ccccc1C1CCC1. The second kappa shape index (κ2) is 5.71. The van der Waals surface area contributed by atoms with Crippen LogP contribution in [0.4, 0.5) is 0 Å². The average Bonchev–Trinajstić information content (AvgIpc) is 2.39. The molecule has 0 spiro atoms. The highest BCUT2D eigenvalue weighted by Gasteiger charge is 2.24.